The summed E-state index contributed by atoms with van der Waals surface area (Å²) >= 11 is 0. The topological polar surface area (TPSA) is 79.9 Å². The number of benzene rings is 2. The van der Waals surface area contributed by atoms with E-state index >= 15 is 0 Å². The molecule has 2 amide bonds. The molecule has 0 unspecified atom stereocenters. The Labute approximate surface area is 171 Å². The molecule has 1 heterocycles. The van der Waals surface area contributed by atoms with Crippen LogP contribution in [0, 0.1) is 0 Å². The van der Waals surface area contributed by atoms with E-state index in [1.165, 1.54) is 0 Å². The van der Waals surface area contributed by atoms with Crippen LogP contribution >= 0.6 is 0 Å². The van der Waals surface area contributed by atoms with Crippen LogP contribution in [0.4, 0.5) is 11.4 Å². The molecule has 7 nitrogen and oxygen atoms in total. The molecule has 7 heteroatoms. The predicted molar refractivity (Wildman–Crippen MR) is 113 cm³/mol. The molecule has 0 spiro atoms. The van der Waals surface area contributed by atoms with Gasteiger partial charge >= 0.3 is 0 Å². The molecule has 1 aliphatic heterocycles. The number of amides is 2. The maximum absolute atomic E-state index is 12.6. The molecule has 29 heavy (non-hydrogen) atoms. The summed E-state index contributed by atoms with van der Waals surface area (Å²) in [7, 11) is 0. The molecule has 2 aromatic carbocycles. The zero-order chi connectivity index (χ0) is 20.5. The van der Waals surface area contributed by atoms with Crippen LogP contribution in [0.15, 0.2) is 48.5 Å². The highest BCUT2D eigenvalue weighted by Crippen LogP contribution is 2.18. The highest BCUT2D eigenvalue weighted by Gasteiger charge is 2.18. The van der Waals surface area contributed by atoms with Gasteiger partial charge in [0.05, 0.1) is 26.4 Å². The van der Waals surface area contributed by atoms with Crippen LogP contribution < -0.4 is 15.4 Å². The summed E-state index contributed by atoms with van der Waals surface area (Å²) in [6.45, 7) is 5.09. The first-order chi connectivity index (χ1) is 14.2. The monoisotopic (exact) mass is 397 g/mol. The average molecular weight is 397 g/mol. The van der Waals surface area contributed by atoms with Gasteiger partial charge in [-0.3, -0.25) is 9.59 Å². The number of carbonyl (C=O) groups excluding carboxylic acids is 2. The van der Waals surface area contributed by atoms with Gasteiger partial charge < -0.3 is 25.0 Å². The minimum Gasteiger partial charge on any atom is -0.494 e. The molecule has 2 aromatic rings. The molecule has 0 radical (unpaired) electrons. The lowest BCUT2D eigenvalue weighted by Crippen LogP contribution is -2.40. The predicted octanol–water partition coefficient (Wildman–Crippen LogP) is 3.00. The van der Waals surface area contributed by atoms with Crippen molar-refractivity contribution in [2.24, 2.45) is 0 Å². The zero-order valence-corrected chi connectivity index (χ0v) is 16.6. The van der Waals surface area contributed by atoms with E-state index in [1.54, 1.807) is 29.2 Å². The average Bonchev–Trinajstić information content (AvgIpc) is 2.77. The van der Waals surface area contributed by atoms with Gasteiger partial charge in [-0.2, -0.15) is 0 Å². The van der Waals surface area contributed by atoms with Crippen LogP contribution in [0.5, 0.6) is 5.75 Å². The second kappa shape index (κ2) is 10.5. The lowest BCUT2D eigenvalue weighted by molar-refractivity contribution is -0.114. The van der Waals surface area contributed by atoms with E-state index in [1.807, 2.05) is 24.3 Å². The highest BCUT2D eigenvalue weighted by atomic mass is 16.5. The molecule has 0 atom stereocenters. The molecule has 0 saturated carbocycles. The van der Waals surface area contributed by atoms with Crippen LogP contribution in [0.1, 0.15) is 23.7 Å². The van der Waals surface area contributed by atoms with Gasteiger partial charge in [0, 0.05) is 36.1 Å². The Bertz CT molecular complexity index is 834. The maximum Gasteiger partial charge on any atom is 0.254 e. The van der Waals surface area contributed by atoms with E-state index in [0.29, 0.717) is 44.2 Å². The summed E-state index contributed by atoms with van der Waals surface area (Å²) < 4.78 is 10.9. The van der Waals surface area contributed by atoms with Gasteiger partial charge in [0.1, 0.15) is 5.75 Å². The van der Waals surface area contributed by atoms with Crippen LogP contribution in [-0.2, 0) is 9.53 Å². The van der Waals surface area contributed by atoms with Crippen molar-refractivity contribution in [1.29, 1.82) is 0 Å². The van der Waals surface area contributed by atoms with Gasteiger partial charge in [-0.1, -0.05) is 19.1 Å². The van der Waals surface area contributed by atoms with Gasteiger partial charge in [0.15, 0.2) is 0 Å². The Balaban J connectivity index is 1.53. The van der Waals surface area contributed by atoms with Crippen LogP contribution in [-0.4, -0.2) is 56.2 Å². The van der Waals surface area contributed by atoms with Gasteiger partial charge in [-0.15, -0.1) is 0 Å². The largest absolute Gasteiger partial charge is 0.494 e. The second-order valence-corrected chi connectivity index (χ2v) is 6.76. The van der Waals surface area contributed by atoms with E-state index in [-0.39, 0.29) is 18.4 Å². The smallest absolute Gasteiger partial charge is 0.254 e. The van der Waals surface area contributed by atoms with Crippen LogP contribution in [0.2, 0.25) is 0 Å². The number of nitrogens with zero attached hydrogens (tertiary/aromatic N) is 1. The molecule has 1 aliphatic rings. The fourth-order valence-electron chi connectivity index (χ4n) is 2.98. The lowest BCUT2D eigenvalue weighted by Gasteiger charge is -2.27. The van der Waals surface area contributed by atoms with Gasteiger partial charge in [-0.05, 0) is 36.8 Å². The van der Waals surface area contributed by atoms with E-state index < -0.39 is 0 Å². The van der Waals surface area contributed by atoms with Crippen molar-refractivity contribution < 1.29 is 19.1 Å². The molecule has 154 valence electrons. The van der Waals surface area contributed by atoms with Crippen molar-refractivity contribution >= 4 is 23.2 Å². The molecule has 0 aromatic heterocycles. The number of hydrogen-bond acceptors (Lipinski definition) is 5. The third-order valence-electron chi connectivity index (χ3n) is 4.45. The number of carbonyl (C=O) groups is 2. The SMILES string of the molecule is CCCOc1cccc(NCC(=O)Nc2cccc(C(=O)N3CCOCC3)c2)c1. The van der Waals surface area contributed by atoms with Crippen LogP contribution in [0.25, 0.3) is 0 Å². The van der Waals surface area contributed by atoms with Crippen molar-refractivity contribution in [3.8, 4) is 5.75 Å². The summed E-state index contributed by atoms with van der Waals surface area (Å²) in [5.41, 5.74) is 1.96. The molecule has 2 N–H and O–H groups in total. The van der Waals surface area contributed by atoms with E-state index in [2.05, 4.69) is 17.6 Å². The standard InChI is InChI=1S/C22H27N3O4/c1-2-11-29-20-8-4-6-18(15-20)23-16-21(26)24-19-7-3-5-17(14-19)22(27)25-9-12-28-13-10-25/h3-8,14-15,23H,2,9-13,16H2,1H3,(H,24,26). The Hall–Kier alpha value is -3.06. The number of rotatable bonds is 8. The van der Waals surface area contributed by atoms with E-state index in [0.717, 1.165) is 17.9 Å². The maximum atomic E-state index is 12.6. The first-order valence-corrected chi connectivity index (χ1v) is 9.89. The lowest BCUT2D eigenvalue weighted by atomic mass is 10.1. The minimum atomic E-state index is -0.194. The van der Waals surface area contributed by atoms with Crippen molar-refractivity contribution in [1.82, 2.24) is 4.90 Å². The number of anilines is 2. The van der Waals surface area contributed by atoms with E-state index in [9.17, 15) is 9.59 Å². The summed E-state index contributed by atoms with van der Waals surface area (Å²) in [5.74, 6) is 0.527. The van der Waals surface area contributed by atoms with Crippen molar-refractivity contribution in [2.75, 3.05) is 50.1 Å². The molecule has 1 saturated heterocycles. The molecule has 0 aliphatic carbocycles. The number of nitrogens with one attached hydrogen (secondary N) is 2. The van der Waals surface area contributed by atoms with Crippen molar-refractivity contribution in [3.05, 3.63) is 54.1 Å². The second-order valence-electron chi connectivity index (χ2n) is 6.76. The van der Waals surface area contributed by atoms with Gasteiger partial charge in [0.2, 0.25) is 5.91 Å². The molecular weight excluding hydrogens is 370 g/mol. The van der Waals surface area contributed by atoms with E-state index in [4.69, 9.17) is 9.47 Å². The van der Waals surface area contributed by atoms with Crippen LogP contribution in [0.3, 0.4) is 0 Å². The van der Waals surface area contributed by atoms with Crippen molar-refractivity contribution in [2.45, 2.75) is 13.3 Å². The summed E-state index contributed by atoms with van der Waals surface area (Å²) in [4.78, 5) is 26.7. The van der Waals surface area contributed by atoms with Crippen molar-refractivity contribution in [3.63, 3.8) is 0 Å². The molecule has 1 fully saturated rings. The summed E-state index contributed by atoms with van der Waals surface area (Å²) in [6.07, 6.45) is 0.938. The number of hydrogen-bond donors (Lipinski definition) is 2. The quantitative estimate of drug-likeness (QED) is 0.716. The van der Waals surface area contributed by atoms with Gasteiger partial charge in [-0.25, -0.2) is 0 Å². The highest BCUT2D eigenvalue weighted by molar-refractivity contribution is 5.98. The minimum absolute atomic E-state index is 0.0496. The third-order valence-corrected chi connectivity index (χ3v) is 4.45. The first-order valence-electron chi connectivity index (χ1n) is 9.89. The first kappa shape index (κ1) is 20.7. The fraction of sp³-hybridized carbons (Fsp3) is 0.364. The summed E-state index contributed by atoms with van der Waals surface area (Å²) in [5, 5.41) is 5.92. The molecule has 0 bridgehead atoms. The number of morpholine rings is 1. The Morgan fingerprint density at radius 3 is 2.62 bits per heavy atom. The normalized spacial score (nSPS) is 13.6. The Kier molecular flexibility index (Phi) is 7.47. The molecule has 3 rings (SSSR count). The zero-order valence-electron chi connectivity index (χ0n) is 16.6. The summed E-state index contributed by atoms with van der Waals surface area (Å²) in [6, 6.07) is 14.5. The fourth-order valence-corrected chi connectivity index (χ4v) is 2.98. The van der Waals surface area contributed by atoms with Gasteiger partial charge in [0.25, 0.3) is 5.91 Å². The Morgan fingerprint density at radius 2 is 1.83 bits per heavy atom. The number of ether oxygens (including phenoxy) is 2. The third kappa shape index (κ3) is 6.22. The Morgan fingerprint density at radius 1 is 1.07 bits per heavy atom. The molecular formula is C22H27N3O4.